The highest BCUT2D eigenvalue weighted by Gasteiger charge is 2.35. The van der Waals surface area contributed by atoms with E-state index in [0.717, 1.165) is 16.6 Å². The third-order valence-corrected chi connectivity index (χ3v) is 3.43. The van der Waals surface area contributed by atoms with Crippen molar-refractivity contribution in [1.29, 1.82) is 0 Å². The van der Waals surface area contributed by atoms with Gasteiger partial charge >= 0.3 is 6.03 Å². The Bertz CT molecular complexity index is 709. The molecule has 2 heterocycles. The van der Waals surface area contributed by atoms with E-state index in [1.807, 2.05) is 0 Å². The summed E-state index contributed by atoms with van der Waals surface area (Å²) in [6.45, 7) is 0. The minimum Gasteiger partial charge on any atom is -0.277 e. The Morgan fingerprint density at radius 1 is 1.26 bits per heavy atom. The number of hydrogen-bond acceptors (Lipinski definition) is 6. The number of fused-ring (bicyclic) bond motifs is 1. The average molecular weight is 297 g/mol. The molecule has 1 aromatic heterocycles. The largest absolute Gasteiger partial charge is 0.335 e. The van der Waals surface area contributed by atoms with Crippen molar-refractivity contribution in [1.82, 2.24) is 14.1 Å². The van der Waals surface area contributed by atoms with E-state index < -0.39 is 24.3 Å². The second-order valence-electron chi connectivity index (χ2n) is 3.79. The molecule has 9 heteroatoms. The molecular formula is C10H5ClN4O3S. The zero-order valence-corrected chi connectivity index (χ0v) is 10.8. The molecule has 7 nitrogen and oxygen atoms in total. The van der Waals surface area contributed by atoms with Crippen LogP contribution in [0.1, 0.15) is 6.42 Å². The molecule has 0 atom stereocenters. The van der Waals surface area contributed by atoms with Crippen LogP contribution in [0.2, 0.25) is 5.02 Å². The first-order chi connectivity index (χ1) is 9.08. The number of anilines is 1. The second-order valence-corrected chi connectivity index (χ2v) is 4.72. The molecular weight excluding hydrogens is 292 g/mol. The van der Waals surface area contributed by atoms with Crippen molar-refractivity contribution >= 4 is 57.9 Å². The molecule has 1 aromatic carbocycles. The zero-order valence-electron chi connectivity index (χ0n) is 9.21. The molecule has 3 rings (SSSR count). The quantitative estimate of drug-likeness (QED) is 0.801. The van der Waals surface area contributed by atoms with Gasteiger partial charge in [0.25, 0.3) is 0 Å². The van der Waals surface area contributed by atoms with Crippen LogP contribution in [0.15, 0.2) is 12.1 Å². The highest BCUT2D eigenvalue weighted by molar-refractivity contribution is 7.00. The van der Waals surface area contributed by atoms with Crippen LogP contribution in [-0.2, 0) is 9.59 Å². The van der Waals surface area contributed by atoms with Gasteiger partial charge in [-0.2, -0.15) is 8.75 Å². The normalized spacial score (nSPS) is 16.1. The number of carbonyl (C=O) groups is 3. The lowest BCUT2D eigenvalue weighted by Crippen LogP contribution is -2.53. The van der Waals surface area contributed by atoms with Gasteiger partial charge < -0.3 is 0 Å². The molecule has 0 radical (unpaired) electrons. The van der Waals surface area contributed by atoms with E-state index in [9.17, 15) is 14.4 Å². The van der Waals surface area contributed by atoms with Crippen LogP contribution in [0.25, 0.3) is 11.0 Å². The topological polar surface area (TPSA) is 92.3 Å². The fourth-order valence-electron chi connectivity index (χ4n) is 1.80. The Morgan fingerprint density at radius 2 is 2.05 bits per heavy atom. The lowest BCUT2D eigenvalue weighted by Gasteiger charge is -2.25. The van der Waals surface area contributed by atoms with Crippen LogP contribution in [0.4, 0.5) is 10.5 Å². The van der Waals surface area contributed by atoms with E-state index in [1.165, 1.54) is 6.07 Å². The molecule has 2 aromatic rings. The number of urea groups is 1. The van der Waals surface area contributed by atoms with Gasteiger partial charge in [0.2, 0.25) is 11.8 Å². The van der Waals surface area contributed by atoms with Gasteiger partial charge in [0.05, 0.1) is 16.8 Å². The number of carbonyl (C=O) groups excluding carboxylic acids is 3. The summed E-state index contributed by atoms with van der Waals surface area (Å²) in [5, 5.41) is 2.26. The highest BCUT2D eigenvalue weighted by atomic mass is 35.5. The summed E-state index contributed by atoms with van der Waals surface area (Å²) in [5.41, 5.74) is 1.04. The Kier molecular flexibility index (Phi) is 2.68. The van der Waals surface area contributed by atoms with Crippen molar-refractivity contribution in [2.75, 3.05) is 4.90 Å². The van der Waals surface area contributed by atoms with Crippen LogP contribution in [0.3, 0.4) is 0 Å². The molecule has 96 valence electrons. The first-order valence-corrected chi connectivity index (χ1v) is 6.26. The number of amides is 4. The number of rotatable bonds is 1. The fourth-order valence-corrected chi connectivity index (χ4v) is 2.58. The number of aromatic nitrogens is 2. The maximum Gasteiger partial charge on any atom is 0.335 e. The Balaban J connectivity index is 2.20. The summed E-state index contributed by atoms with van der Waals surface area (Å²) < 4.78 is 8.05. The van der Waals surface area contributed by atoms with Gasteiger partial charge in [-0.15, -0.1) is 0 Å². The SMILES string of the molecule is O=C1CC(=O)N(c2c(Cl)ccc3nsnc23)C(=O)N1. The number of nitrogens with zero attached hydrogens (tertiary/aromatic N) is 3. The van der Waals surface area contributed by atoms with Gasteiger partial charge in [0, 0.05) is 0 Å². The van der Waals surface area contributed by atoms with E-state index in [2.05, 4.69) is 14.1 Å². The molecule has 1 fully saturated rings. The van der Waals surface area contributed by atoms with Crippen molar-refractivity contribution in [2.45, 2.75) is 6.42 Å². The Labute approximate surface area is 115 Å². The van der Waals surface area contributed by atoms with Crippen molar-refractivity contribution in [3.05, 3.63) is 17.2 Å². The average Bonchev–Trinajstić information content (AvgIpc) is 2.79. The molecule has 0 saturated carbocycles. The van der Waals surface area contributed by atoms with E-state index in [1.54, 1.807) is 6.07 Å². The second kappa shape index (κ2) is 4.25. The lowest BCUT2D eigenvalue weighted by molar-refractivity contribution is -0.128. The molecule has 1 N–H and O–H groups in total. The lowest BCUT2D eigenvalue weighted by atomic mass is 10.2. The third kappa shape index (κ3) is 1.85. The van der Waals surface area contributed by atoms with E-state index >= 15 is 0 Å². The van der Waals surface area contributed by atoms with Gasteiger partial charge in [-0.25, -0.2) is 9.69 Å². The summed E-state index contributed by atoms with van der Waals surface area (Å²) in [5.74, 6) is -1.28. The summed E-state index contributed by atoms with van der Waals surface area (Å²) >= 11 is 6.99. The summed E-state index contributed by atoms with van der Waals surface area (Å²) in [7, 11) is 0. The van der Waals surface area contributed by atoms with E-state index in [-0.39, 0.29) is 10.7 Å². The monoisotopic (exact) mass is 296 g/mol. The predicted octanol–water partition coefficient (Wildman–Crippen LogP) is 1.32. The summed E-state index contributed by atoms with van der Waals surface area (Å²) in [6.07, 6.45) is -0.407. The minimum absolute atomic E-state index is 0.155. The van der Waals surface area contributed by atoms with Gasteiger partial charge in [0.1, 0.15) is 23.1 Å². The first kappa shape index (κ1) is 12.0. The van der Waals surface area contributed by atoms with Crippen molar-refractivity contribution in [3.8, 4) is 0 Å². The fraction of sp³-hybridized carbons (Fsp3) is 0.100. The van der Waals surface area contributed by atoms with Crippen molar-refractivity contribution in [3.63, 3.8) is 0 Å². The smallest absolute Gasteiger partial charge is 0.277 e. The minimum atomic E-state index is -0.830. The molecule has 1 saturated heterocycles. The maximum absolute atomic E-state index is 11.9. The Hall–Kier alpha value is -2.06. The van der Waals surface area contributed by atoms with Crippen molar-refractivity contribution in [2.24, 2.45) is 0 Å². The molecule has 1 aliphatic rings. The number of barbiturate groups is 1. The van der Waals surface area contributed by atoms with Crippen LogP contribution in [0, 0.1) is 0 Å². The molecule has 19 heavy (non-hydrogen) atoms. The summed E-state index contributed by atoms with van der Waals surface area (Å²) in [4.78, 5) is 35.6. The molecule has 0 aliphatic carbocycles. The molecule has 0 bridgehead atoms. The zero-order chi connectivity index (χ0) is 13.6. The number of imide groups is 2. The van der Waals surface area contributed by atoms with Crippen molar-refractivity contribution < 1.29 is 14.4 Å². The highest BCUT2D eigenvalue weighted by Crippen LogP contribution is 2.34. The third-order valence-electron chi connectivity index (χ3n) is 2.59. The number of hydrogen-bond donors (Lipinski definition) is 1. The molecule has 0 unspecified atom stereocenters. The Morgan fingerprint density at radius 3 is 2.79 bits per heavy atom. The summed E-state index contributed by atoms with van der Waals surface area (Å²) in [6, 6.07) is 2.34. The van der Waals surface area contributed by atoms with Gasteiger partial charge in [0.15, 0.2) is 0 Å². The molecule has 1 aliphatic heterocycles. The van der Waals surface area contributed by atoms with Crippen LogP contribution >= 0.6 is 23.3 Å². The molecule has 4 amide bonds. The number of benzene rings is 1. The van der Waals surface area contributed by atoms with Crippen LogP contribution in [0.5, 0.6) is 0 Å². The predicted molar refractivity (Wildman–Crippen MR) is 68.1 cm³/mol. The van der Waals surface area contributed by atoms with Gasteiger partial charge in [-0.05, 0) is 12.1 Å². The van der Waals surface area contributed by atoms with Crippen LogP contribution in [-0.4, -0.2) is 26.6 Å². The van der Waals surface area contributed by atoms with Crippen LogP contribution < -0.4 is 10.2 Å². The van der Waals surface area contributed by atoms with Gasteiger partial charge in [-0.3, -0.25) is 14.9 Å². The number of halogens is 1. The first-order valence-electron chi connectivity index (χ1n) is 5.15. The van der Waals surface area contributed by atoms with E-state index in [4.69, 9.17) is 11.6 Å². The number of nitrogens with one attached hydrogen (secondary N) is 1. The maximum atomic E-state index is 11.9. The van der Waals surface area contributed by atoms with E-state index in [0.29, 0.717) is 11.0 Å². The van der Waals surface area contributed by atoms with Gasteiger partial charge in [-0.1, -0.05) is 11.6 Å². The molecule has 0 spiro atoms. The standard InChI is InChI=1S/C10H5ClN4O3S/c11-4-1-2-5-8(14-19-13-5)9(4)15-7(17)3-6(16)12-10(15)18/h1-2H,3H2,(H,12,16,18).